The minimum Gasteiger partial charge on any atom is -0.478 e. The van der Waals surface area contributed by atoms with Gasteiger partial charge in [0.05, 0.1) is 10.5 Å². The van der Waals surface area contributed by atoms with Crippen LogP contribution in [0.3, 0.4) is 0 Å². The second-order valence-electron chi connectivity index (χ2n) is 4.76. The predicted molar refractivity (Wildman–Crippen MR) is 83.9 cm³/mol. The average molecular weight is 334 g/mol. The summed E-state index contributed by atoms with van der Waals surface area (Å²) in [6.07, 6.45) is 0. The predicted octanol–water partition coefficient (Wildman–Crippen LogP) is 2.20. The van der Waals surface area contributed by atoms with Crippen LogP contribution in [0.1, 0.15) is 15.9 Å². The number of carboxylic acids is 1. The molecule has 0 saturated heterocycles. The first kappa shape index (κ1) is 16.5. The number of nitrogens with one attached hydrogen (secondary N) is 2. The topological polar surface area (TPSA) is 113 Å². The molecule has 0 spiro atoms. The Hall–Kier alpha value is -2.87. The Morgan fingerprint density at radius 1 is 0.957 bits per heavy atom. The van der Waals surface area contributed by atoms with Gasteiger partial charge in [-0.2, -0.15) is 0 Å². The van der Waals surface area contributed by atoms with Gasteiger partial charge in [-0.05, 0) is 43.3 Å². The molecule has 0 aliphatic carbocycles. The Labute approximate surface area is 133 Å². The lowest BCUT2D eigenvalue weighted by atomic mass is 10.2. The molecule has 2 aromatic carbocycles. The number of benzene rings is 2. The third-order valence-corrected chi connectivity index (χ3v) is 4.29. The van der Waals surface area contributed by atoms with Crippen LogP contribution in [0.4, 0.5) is 10.5 Å². The van der Waals surface area contributed by atoms with Crippen molar-refractivity contribution >= 4 is 27.7 Å². The van der Waals surface area contributed by atoms with Crippen LogP contribution in [0.15, 0.2) is 53.4 Å². The van der Waals surface area contributed by atoms with Crippen LogP contribution in [-0.2, 0) is 10.0 Å². The van der Waals surface area contributed by atoms with Crippen molar-refractivity contribution in [3.63, 3.8) is 0 Å². The maximum absolute atomic E-state index is 12.0. The van der Waals surface area contributed by atoms with E-state index < -0.39 is 22.0 Å². The van der Waals surface area contributed by atoms with Gasteiger partial charge in [0.15, 0.2) is 0 Å². The molecule has 0 fully saturated rings. The number of hydrogen-bond acceptors (Lipinski definition) is 4. The Balaban J connectivity index is 2.06. The number of hydrogen-bond donors (Lipinski definition) is 3. The smallest absolute Gasteiger partial charge is 0.335 e. The van der Waals surface area contributed by atoms with Crippen molar-refractivity contribution < 1.29 is 23.1 Å². The van der Waals surface area contributed by atoms with E-state index in [-0.39, 0.29) is 16.1 Å². The Kier molecular flexibility index (Phi) is 4.65. The lowest BCUT2D eigenvalue weighted by Gasteiger charge is -2.09. The van der Waals surface area contributed by atoms with Gasteiger partial charge in [0.25, 0.3) is 10.0 Å². The summed E-state index contributed by atoms with van der Waals surface area (Å²) in [6, 6.07) is 10.4. The molecule has 0 aliphatic rings. The van der Waals surface area contributed by atoms with Crippen LogP contribution in [0.2, 0.25) is 0 Å². The minimum absolute atomic E-state index is 0.0283. The Morgan fingerprint density at radius 3 is 2.04 bits per heavy atom. The number of anilines is 1. The number of rotatable bonds is 4. The van der Waals surface area contributed by atoms with Crippen molar-refractivity contribution in [1.29, 1.82) is 0 Å². The molecule has 0 saturated carbocycles. The second-order valence-corrected chi connectivity index (χ2v) is 6.44. The summed E-state index contributed by atoms with van der Waals surface area (Å²) in [6.45, 7) is 1.82. The lowest BCUT2D eigenvalue weighted by Crippen LogP contribution is -2.34. The molecule has 0 aliphatic heterocycles. The largest absolute Gasteiger partial charge is 0.478 e. The highest BCUT2D eigenvalue weighted by molar-refractivity contribution is 7.90. The fourth-order valence-electron chi connectivity index (χ4n) is 1.75. The van der Waals surface area contributed by atoms with E-state index in [1.165, 1.54) is 36.4 Å². The zero-order chi connectivity index (χ0) is 17.0. The number of urea groups is 1. The highest BCUT2D eigenvalue weighted by atomic mass is 32.2. The molecule has 3 N–H and O–H groups in total. The molecule has 120 valence electrons. The molecule has 2 amide bonds. The second kappa shape index (κ2) is 6.49. The summed E-state index contributed by atoms with van der Waals surface area (Å²) in [5.74, 6) is -1.09. The van der Waals surface area contributed by atoms with E-state index in [9.17, 15) is 18.0 Å². The summed E-state index contributed by atoms with van der Waals surface area (Å²) in [5, 5.41) is 11.1. The molecular formula is C15H14N2O5S. The summed E-state index contributed by atoms with van der Waals surface area (Å²) in [7, 11) is -3.97. The van der Waals surface area contributed by atoms with Crippen molar-refractivity contribution in [3.8, 4) is 0 Å². The third-order valence-electron chi connectivity index (χ3n) is 2.95. The standard InChI is InChI=1S/C15H14N2O5S/c1-10-2-8-13(9-3-10)23(21,22)17-15(20)16-12-6-4-11(5-7-12)14(18)19/h2-9H,1H3,(H,18,19)(H2,16,17,20). The monoisotopic (exact) mass is 334 g/mol. The molecule has 7 nitrogen and oxygen atoms in total. The average Bonchev–Trinajstić information content (AvgIpc) is 2.47. The lowest BCUT2D eigenvalue weighted by molar-refractivity contribution is 0.0697. The first-order valence-corrected chi connectivity index (χ1v) is 8.00. The van der Waals surface area contributed by atoms with Gasteiger partial charge < -0.3 is 10.4 Å². The van der Waals surface area contributed by atoms with E-state index in [1.807, 2.05) is 11.6 Å². The van der Waals surface area contributed by atoms with Gasteiger partial charge >= 0.3 is 12.0 Å². The van der Waals surface area contributed by atoms with E-state index in [0.717, 1.165) is 5.56 Å². The zero-order valence-electron chi connectivity index (χ0n) is 12.1. The quantitative estimate of drug-likeness (QED) is 0.793. The molecule has 0 heterocycles. The number of sulfonamides is 1. The normalized spacial score (nSPS) is 10.8. The van der Waals surface area contributed by atoms with E-state index in [4.69, 9.17) is 5.11 Å². The molecule has 23 heavy (non-hydrogen) atoms. The fraction of sp³-hybridized carbons (Fsp3) is 0.0667. The van der Waals surface area contributed by atoms with Gasteiger partial charge in [-0.1, -0.05) is 17.7 Å². The summed E-state index contributed by atoms with van der Waals surface area (Å²) in [5.41, 5.74) is 1.22. The summed E-state index contributed by atoms with van der Waals surface area (Å²) < 4.78 is 26.0. The highest BCUT2D eigenvalue weighted by Gasteiger charge is 2.17. The number of carboxylic acid groups (broad SMARTS) is 1. The first-order chi connectivity index (χ1) is 10.8. The minimum atomic E-state index is -3.97. The maximum atomic E-state index is 12.0. The molecule has 0 radical (unpaired) electrons. The molecule has 0 unspecified atom stereocenters. The summed E-state index contributed by atoms with van der Waals surface area (Å²) >= 11 is 0. The zero-order valence-corrected chi connectivity index (χ0v) is 12.9. The summed E-state index contributed by atoms with van der Waals surface area (Å²) in [4.78, 5) is 22.5. The van der Waals surface area contributed by atoms with Gasteiger partial charge in [-0.15, -0.1) is 0 Å². The molecular weight excluding hydrogens is 320 g/mol. The SMILES string of the molecule is Cc1ccc(S(=O)(=O)NC(=O)Nc2ccc(C(=O)O)cc2)cc1. The number of carbonyl (C=O) groups excluding carboxylic acids is 1. The van der Waals surface area contributed by atoms with Gasteiger partial charge in [0.1, 0.15) is 0 Å². The molecule has 0 bridgehead atoms. The van der Waals surface area contributed by atoms with Crippen LogP contribution in [-0.4, -0.2) is 25.5 Å². The van der Waals surface area contributed by atoms with E-state index >= 15 is 0 Å². The molecule has 0 atom stereocenters. The van der Waals surface area contributed by atoms with Crippen molar-refractivity contribution in [2.45, 2.75) is 11.8 Å². The number of amides is 2. The van der Waals surface area contributed by atoms with Gasteiger partial charge in [0, 0.05) is 5.69 Å². The number of aryl methyl sites for hydroxylation is 1. The third kappa shape index (κ3) is 4.30. The fourth-order valence-corrected chi connectivity index (χ4v) is 2.66. The van der Waals surface area contributed by atoms with Gasteiger partial charge in [-0.3, -0.25) is 0 Å². The molecule has 2 rings (SSSR count). The maximum Gasteiger partial charge on any atom is 0.335 e. The van der Waals surface area contributed by atoms with Crippen molar-refractivity contribution in [3.05, 3.63) is 59.7 Å². The number of aromatic carboxylic acids is 1. The van der Waals surface area contributed by atoms with E-state index in [1.54, 1.807) is 12.1 Å². The van der Waals surface area contributed by atoms with E-state index in [2.05, 4.69) is 5.32 Å². The van der Waals surface area contributed by atoms with Crippen LogP contribution in [0.5, 0.6) is 0 Å². The van der Waals surface area contributed by atoms with Crippen LogP contribution < -0.4 is 10.0 Å². The Bertz CT molecular complexity index is 827. The van der Waals surface area contributed by atoms with Crippen LogP contribution in [0, 0.1) is 6.92 Å². The highest BCUT2D eigenvalue weighted by Crippen LogP contribution is 2.12. The van der Waals surface area contributed by atoms with Crippen molar-refractivity contribution in [2.24, 2.45) is 0 Å². The van der Waals surface area contributed by atoms with Gasteiger partial charge in [-0.25, -0.2) is 22.7 Å². The van der Waals surface area contributed by atoms with Crippen molar-refractivity contribution in [2.75, 3.05) is 5.32 Å². The van der Waals surface area contributed by atoms with Crippen molar-refractivity contribution in [1.82, 2.24) is 4.72 Å². The molecule has 2 aromatic rings. The van der Waals surface area contributed by atoms with Crippen LogP contribution in [0.25, 0.3) is 0 Å². The Morgan fingerprint density at radius 2 is 1.52 bits per heavy atom. The van der Waals surface area contributed by atoms with E-state index in [0.29, 0.717) is 0 Å². The van der Waals surface area contributed by atoms with Crippen LogP contribution >= 0.6 is 0 Å². The molecule has 8 heteroatoms. The first-order valence-electron chi connectivity index (χ1n) is 6.52. The van der Waals surface area contributed by atoms with Gasteiger partial charge in [0.2, 0.25) is 0 Å². The number of carbonyl (C=O) groups is 2. The molecule has 0 aromatic heterocycles.